The van der Waals surface area contributed by atoms with Gasteiger partial charge in [0.1, 0.15) is 6.33 Å². The maximum atomic E-state index is 12.2. The first-order valence-corrected chi connectivity index (χ1v) is 6.07. The Bertz CT molecular complexity index is 813. The molecule has 0 fully saturated rings. The van der Waals surface area contributed by atoms with Crippen molar-refractivity contribution in [1.82, 2.24) is 9.97 Å². The SMILES string of the molecule is CC1=CC(=O)C(c2ncnc3ccccc23)=C(N)C1=O. The third-order valence-electron chi connectivity index (χ3n) is 3.25. The number of para-hydroxylation sites is 1. The maximum absolute atomic E-state index is 12.2. The zero-order chi connectivity index (χ0) is 14.3. The smallest absolute Gasteiger partial charge is 0.205 e. The summed E-state index contributed by atoms with van der Waals surface area (Å²) in [7, 11) is 0. The number of allylic oxidation sites excluding steroid dienone is 3. The second-order valence-corrected chi connectivity index (χ2v) is 4.55. The Morgan fingerprint density at radius 3 is 2.65 bits per heavy atom. The van der Waals surface area contributed by atoms with Gasteiger partial charge in [0.25, 0.3) is 0 Å². The first-order chi connectivity index (χ1) is 9.59. The van der Waals surface area contributed by atoms with Crippen LogP contribution < -0.4 is 5.73 Å². The number of ketones is 2. The van der Waals surface area contributed by atoms with Crippen LogP contribution in [0.3, 0.4) is 0 Å². The minimum absolute atomic E-state index is 0.0566. The highest BCUT2D eigenvalue weighted by molar-refractivity contribution is 6.37. The van der Waals surface area contributed by atoms with Crippen molar-refractivity contribution in [3.8, 4) is 0 Å². The highest BCUT2D eigenvalue weighted by atomic mass is 16.1. The van der Waals surface area contributed by atoms with Crippen molar-refractivity contribution in [2.45, 2.75) is 6.92 Å². The molecular weight excluding hydrogens is 254 g/mol. The summed E-state index contributed by atoms with van der Waals surface area (Å²) >= 11 is 0. The number of benzene rings is 1. The van der Waals surface area contributed by atoms with Gasteiger partial charge in [0, 0.05) is 11.0 Å². The molecule has 0 amide bonds. The summed E-state index contributed by atoms with van der Waals surface area (Å²) in [6.07, 6.45) is 2.66. The van der Waals surface area contributed by atoms with E-state index in [1.165, 1.54) is 12.4 Å². The number of hydrogen-bond acceptors (Lipinski definition) is 5. The van der Waals surface area contributed by atoms with Crippen LogP contribution >= 0.6 is 0 Å². The van der Waals surface area contributed by atoms with Crippen molar-refractivity contribution in [3.05, 3.63) is 53.6 Å². The van der Waals surface area contributed by atoms with Gasteiger partial charge in [0.15, 0.2) is 5.78 Å². The average Bonchev–Trinajstić information content (AvgIpc) is 2.45. The molecule has 0 radical (unpaired) electrons. The zero-order valence-corrected chi connectivity index (χ0v) is 10.8. The van der Waals surface area contributed by atoms with Crippen LogP contribution in [0.1, 0.15) is 12.6 Å². The number of hydrogen-bond donors (Lipinski definition) is 1. The lowest BCUT2D eigenvalue weighted by Crippen LogP contribution is -2.23. The molecule has 20 heavy (non-hydrogen) atoms. The predicted molar refractivity (Wildman–Crippen MR) is 74.4 cm³/mol. The second kappa shape index (κ2) is 4.38. The Balaban J connectivity index is 2.31. The van der Waals surface area contributed by atoms with Gasteiger partial charge in [0.05, 0.1) is 22.5 Å². The lowest BCUT2D eigenvalue weighted by atomic mass is 9.91. The molecule has 0 spiro atoms. The largest absolute Gasteiger partial charge is 0.395 e. The van der Waals surface area contributed by atoms with Crippen LogP contribution in [0.5, 0.6) is 0 Å². The topological polar surface area (TPSA) is 85.9 Å². The summed E-state index contributed by atoms with van der Waals surface area (Å²) in [5.74, 6) is -0.634. The molecule has 1 aliphatic carbocycles. The Labute approximate surface area is 114 Å². The van der Waals surface area contributed by atoms with Gasteiger partial charge in [-0.1, -0.05) is 18.2 Å². The Morgan fingerprint density at radius 2 is 1.85 bits per heavy atom. The number of nitrogens with zero attached hydrogens (tertiary/aromatic N) is 2. The van der Waals surface area contributed by atoms with Gasteiger partial charge in [-0.3, -0.25) is 9.59 Å². The quantitative estimate of drug-likeness (QED) is 0.787. The highest BCUT2D eigenvalue weighted by Crippen LogP contribution is 2.27. The monoisotopic (exact) mass is 265 g/mol. The molecule has 2 N–H and O–H groups in total. The molecule has 0 aliphatic heterocycles. The van der Waals surface area contributed by atoms with E-state index in [4.69, 9.17) is 5.73 Å². The number of aromatic nitrogens is 2. The van der Waals surface area contributed by atoms with Gasteiger partial charge in [0.2, 0.25) is 5.78 Å². The molecule has 5 heteroatoms. The van der Waals surface area contributed by atoms with E-state index in [-0.39, 0.29) is 22.8 Å². The van der Waals surface area contributed by atoms with E-state index >= 15 is 0 Å². The minimum atomic E-state index is -0.331. The summed E-state index contributed by atoms with van der Waals surface area (Å²) in [5, 5.41) is 0.696. The first kappa shape index (κ1) is 12.2. The number of Topliss-reactive ketones (excluding diaryl/α,β-unsaturated/α-hetero) is 1. The molecule has 2 aromatic rings. The lowest BCUT2D eigenvalue weighted by Gasteiger charge is -2.14. The molecule has 1 aromatic carbocycles. The van der Waals surface area contributed by atoms with Crippen LogP contribution in [0, 0.1) is 0 Å². The number of carbonyl (C=O) groups is 2. The maximum Gasteiger partial charge on any atom is 0.205 e. The lowest BCUT2D eigenvalue weighted by molar-refractivity contribution is -0.114. The van der Waals surface area contributed by atoms with Crippen LogP contribution in [0.2, 0.25) is 0 Å². The van der Waals surface area contributed by atoms with E-state index in [1.54, 1.807) is 13.0 Å². The fraction of sp³-hybridized carbons (Fsp3) is 0.0667. The van der Waals surface area contributed by atoms with Crippen LogP contribution in [0.25, 0.3) is 16.5 Å². The van der Waals surface area contributed by atoms with Gasteiger partial charge in [-0.15, -0.1) is 0 Å². The van der Waals surface area contributed by atoms with Gasteiger partial charge >= 0.3 is 0 Å². The van der Waals surface area contributed by atoms with Crippen LogP contribution in [0.15, 0.2) is 47.9 Å². The van der Waals surface area contributed by atoms with Crippen molar-refractivity contribution in [2.24, 2.45) is 5.73 Å². The van der Waals surface area contributed by atoms with Crippen molar-refractivity contribution in [2.75, 3.05) is 0 Å². The number of carbonyl (C=O) groups excluding carboxylic acids is 2. The summed E-state index contributed by atoms with van der Waals surface area (Å²) in [4.78, 5) is 32.4. The fourth-order valence-electron chi connectivity index (χ4n) is 2.24. The Morgan fingerprint density at radius 1 is 1.10 bits per heavy atom. The van der Waals surface area contributed by atoms with E-state index < -0.39 is 0 Å². The van der Waals surface area contributed by atoms with Crippen LogP contribution in [-0.2, 0) is 9.59 Å². The van der Waals surface area contributed by atoms with Gasteiger partial charge < -0.3 is 5.73 Å². The summed E-state index contributed by atoms with van der Waals surface area (Å²) in [5.41, 5.74) is 7.37. The number of nitrogens with two attached hydrogens (primary N) is 1. The van der Waals surface area contributed by atoms with Crippen molar-refractivity contribution in [3.63, 3.8) is 0 Å². The molecule has 5 nitrogen and oxygen atoms in total. The molecule has 0 saturated carbocycles. The van der Waals surface area contributed by atoms with E-state index in [1.807, 2.05) is 18.2 Å². The fourth-order valence-corrected chi connectivity index (χ4v) is 2.24. The highest BCUT2D eigenvalue weighted by Gasteiger charge is 2.27. The van der Waals surface area contributed by atoms with Gasteiger partial charge in [-0.05, 0) is 19.1 Å². The minimum Gasteiger partial charge on any atom is -0.395 e. The van der Waals surface area contributed by atoms with E-state index in [9.17, 15) is 9.59 Å². The second-order valence-electron chi connectivity index (χ2n) is 4.55. The number of fused-ring (bicyclic) bond motifs is 1. The summed E-state index contributed by atoms with van der Waals surface area (Å²) in [6.45, 7) is 1.57. The molecule has 3 rings (SSSR count). The van der Waals surface area contributed by atoms with Gasteiger partial charge in [-0.2, -0.15) is 0 Å². The van der Waals surface area contributed by atoms with Crippen molar-refractivity contribution < 1.29 is 9.59 Å². The Hall–Kier alpha value is -2.82. The number of rotatable bonds is 1. The average molecular weight is 265 g/mol. The zero-order valence-electron chi connectivity index (χ0n) is 10.8. The molecule has 1 aliphatic rings. The Kier molecular flexibility index (Phi) is 2.68. The van der Waals surface area contributed by atoms with Gasteiger partial charge in [-0.25, -0.2) is 9.97 Å². The first-order valence-electron chi connectivity index (χ1n) is 6.07. The molecule has 0 unspecified atom stereocenters. The molecule has 0 atom stereocenters. The normalized spacial score (nSPS) is 15.8. The van der Waals surface area contributed by atoms with E-state index in [0.717, 1.165) is 0 Å². The standard InChI is InChI=1S/C15H11N3O2/c1-8-6-11(19)12(13(16)15(8)20)14-9-4-2-3-5-10(9)17-7-18-14/h2-7H,16H2,1H3. The van der Waals surface area contributed by atoms with Crippen LogP contribution in [0.4, 0.5) is 0 Å². The van der Waals surface area contributed by atoms with Crippen molar-refractivity contribution >= 4 is 28.0 Å². The third-order valence-corrected chi connectivity index (χ3v) is 3.25. The molecule has 98 valence electrons. The molecule has 0 saturated heterocycles. The summed E-state index contributed by atoms with van der Waals surface area (Å²) < 4.78 is 0. The van der Waals surface area contributed by atoms with E-state index in [2.05, 4.69) is 9.97 Å². The molecule has 1 aromatic heterocycles. The third kappa shape index (κ3) is 1.72. The van der Waals surface area contributed by atoms with E-state index in [0.29, 0.717) is 22.2 Å². The predicted octanol–water partition coefficient (Wildman–Crippen LogP) is 1.40. The molecular formula is C15H11N3O2. The molecule has 1 heterocycles. The van der Waals surface area contributed by atoms with Crippen LogP contribution in [-0.4, -0.2) is 21.5 Å². The van der Waals surface area contributed by atoms with Crippen molar-refractivity contribution in [1.29, 1.82) is 0 Å². The molecule has 0 bridgehead atoms. The summed E-state index contributed by atoms with van der Waals surface area (Å²) in [6, 6.07) is 7.28.